The summed E-state index contributed by atoms with van der Waals surface area (Å²) in [5.41, 5.74) is 1.32. The summed E-state index contributed by atoms with van der Waals surface area (Å²) in [6, 6.07) is 6.19. The van der Waals surface area contributed by atoms with Crippen LogP contribution in [0.4, 0.5) is 5.69 Å². The van der Waals surface area contributed by atoms with E-state index in [0.717, 1.165) is 36.5 Å². The van der Waals surface area contributed by atoms with Crippen LogP contribution in [0.25, 0.3) is 0 Å². The Hall–Kier alpha value is -1.20. The fourth-order valence-electron chi connectivity index (χ4n) is 2.91. The van der Waals surface area contributed by atoms with E-state index in [-0.39, 0.29) is 0 Å². The monoisotopic (exact) mass is 294 g/mol. The van der Waals surface area contributed by atoms with Gasteiger partial charge in [0.25, 0.3) is 0 Å². The van der Waals surface area contributed by atoms with Crippen molar-refractivity contribution in [2.45, 2.75) is 23.8 Å². The first-order valence-corrected chi connectivity index (χ1v) is 8.08. The molecule has 2 rings (SSSR count). The number of hydrogen-bond acceptors (Lipinski definition) is 4. The molecule has 1 unspecified atom stereocenters. The molecular formula is C15H22N2O2S. The molecule has 0 bridgehead atoms. The average molecular weight is 294 g/mol. The van der Waals surface area contributed by atoms with Crippen LogP contribution in [0.1, 0.15) is 23.2 Å². The van der Waals surface area contributed by atoms with Crippen molar-refractivity contribution in [3.8, 4) is 0 Å². The van der Waals surface area contributed by atoms with Crippen molar-refractivity contribution >= 4 is 23.4 Å². The molecule has 110 valence electrons. The number of carbonyl (C=O) groups is 1. The summed E-state index contributed by atoms with van der Waals surface area (Å²) in [5.74, 6) is -0.833. The number of aromatic carboxylic acids is 1. The van der Waals surface area contributed by atoms with Crippen LogP contribution >= 0.6 is 11.8 Å². The molecule has 0 amide bonds. The van der Waals surface area contributed by atoms with E-state index in [1.165, 1.54) is 11.8 Å². The maximum Gasteiger partial charge on any atom is 0.338 e. The third-order valence-corrected chi connectivity index (χ3v) is 4.48. The predicted octanol–water partition coefficient (Wildman–Crippen LogP) is 2.64. The summed E-state index contributed by atoms with van der Waals surface area (Å²) >= 11 is 1.49. The van der Waals surface area contributed by atoms with Crippen LogP contribution < -0.4 is 4.90 Å². The Labute approximate surface area is 124 Å². The van der Waals surface area contributed by atoms with Gasteiger partial charge in [-0.2, -0.15) is 0 Å². The van der Waals surface area contributed by atoms with Gasteiger partial charge in [-0.15, -0.1) is 11.8 Å². The molecule has 0 radical (unpaired) electrons. The molecule has 1 aliphatic rings. The standard InChI is InChI=1S/C15H22N2O2S/c1-16(2)10-11-6-5-9-17(11)12-7-4-8-13(20-3)14(12)15(18)19/h4,7-8,11H,5-6,9-10H2,1-3H3,(H,18,19). The van der Waals surface area contributed by atoms with Crippen molar-refractivity contribution in [3.63, 3.8) is 0 Å². The molecule has 5 heteroatoms. The van der Waals surface area contributed by atoms with Crippen LogP contribution in [0.3, 0.4) is 0 Å². The van der Waals surface area contributed by atoms with Gasteiger partial charge in [0.2, 0.25) is 0 Å². The first-order valence-electron chi connectivity index (χ1n) is 6.86. The molecule has 1 atom stereocenters. The minimum absolute atomic E-state index is 0.403. The SMILES string of the molecule is CSc1cccc(N2CCCC2CN(C)C)c1C(=O)O. The van der Waals surface area contributed by atoms with E-state index in [9.17, 15) is 9.90 Å². The fourth-order valence-corrected chi connectivity index (χ4v) is 3.52. The summed E-state index contributed by atoms with van der Waals surface area (Å²) in [4.78, 5) is 16.9. The maximum atomic E-state index is 11.6. The normalized spacial score (nSPS) is 18.8. The van der Waals surface area contributed by atoms with E-state index in [0.29, 0.717) is 11.6 Å². The molecule has 4 nitrogen and oxygen atoms in total. The third kappa shape index (κ3) is 3.10. The molecular weight excluding hydrogens is 272 g/mol. The Kier molecular flexibility index (Phi) is 4.94. The van der Waals surface area contributed by atoms with Crippen molar-refractivity contribution in [2.24, 2.45) is 0 Å². The van der Waals surface area contributed by atoms with Gasteiger partial charge in [0.1, 0.15) is 0 Å². The molecule has 1 N–H and O–H groups in total. The van der Waals surface area contributed by atoms with E-state index in [1.54, 1.807) is 0 Å². The van der Waals surface area contributed by atoms with Gasteiger partial charge >= 0.3 is 5.97 Å². The number of carboxylic acids is 1. The lowest BCUT2D eigenvalue weighted by Gasteiger charge is -2.30. The highest BCUT2D eigenvalue weighted by atomic mass is 32.2. The second-order valence-corrected chi connectivity index (χ2v) is 6.26. The van der Waals surface area contributed by atoms with Crippen LogP contribution in [-0.2, 0) is 0 Å². The Morgan fingerprint density at radius 2 is 2.25 bits per heavy atom. The first kappa shape index (κ1) is 15.2. The number of anilines is 1. The van der Waals surface area contributed by atoms with Crippen LogP contribution in [0, 0.1) is 0 Å². The second-order valence-electron chi connectivity index (χ2n) is 5.41. The number of thioether (sulfide) groups is 1. The molecule has 1 heterocycles. The van der Waals surface area contributed by atoms with Gasteiger partial charge in [-0.3, -0.25) is 0 Å². The van der Waals surface area contributed by atoms with Gasteiger partial charge in [0, 0.05) is 24.0 Å². The van der Waals surface area contributed by atoms with E-state index in [4.69, 9.17) is 0 Å². The lowest BCUT2D eigenvalue weighted by atomic mass is 10.1. The molecule has 20 heavy (non-hydrogen) atoms. The lowest BCUT2D eigenvalue weighted by molar-refractivity contribution is 0.0694. The summed E-state index contributed by atoms with van der Waals surface area (Å²) in [5, 5.41) is 9.56. The second kappa shape index (κ2) is 6.50. The van der Waals surface area contributed by atoms with Gasteiger partial charge in [-0.05, 0) is 45.3 Å². The number of likely N-dealkylation sites (N-methyl/N-ethyl adjacent to an activating group) is 1. The summed E-state index contributed by atoms with van der Waals surface area (Å²) in [6.07, 6.45) is 4.18. The molecule has 1 aromatic rings. The molecule has 1 fully saturated rings. The highest BCUT2D eigenvalue weighted by Crippen LogP contribution is 2.34. The zero-order chi connectivity index (χ0) is 14.7. The van der Waals surface area contributed by atoms with Crippen molar-refractivity contribution in [3.05, 3.63) is 23.8 Å². The van der Waals surface area contributed by atoms with Gasteiger partial charge in [-0.25, -0.2) is 4.79 Å². The van der Waals surface area contributed by atoms with Crippen LogP contribution in [0.15, 0.2) is 23.1 Å². The fraction of sp³-hybridized carbons (Fsp3) is 0.533. The Bertz CT molecular complexity index is 491. The third-order valence-electron chi connectivity index (χ3n) is 3.70. The first-order chi connectivity index (χ1) is 9.54. The molecule has 0 aliphatic carbocycles. The maximum absolute atomic E-state index is 11.6. The number of nitrogens with zero attached hydrogens (tertiary/aromatic N) is 2. The van der Waals surface area contributed by atoms with Gasteiger partial charge in [-0.1, -0.05) is 6.07 Å². The Morgan fingerprint density at radius 1 is 1.50 bits per heavy atom. The highest BCUT2D eigenvalue weighted by molar-refractivity contribution is 7.98. The molecule has 1 saturated heterocycles. The molecule has 0 spiro atoms. The zero-order valence-electron chi connectivity index (χ0n) is 12.3. The zero-order valence-corrected chi connectivity index (χ0v) is 13.1. The molecule has 0 aromatic heterocycles. The number of carboxylic acid groups (broad SMARTS) is 1. The Balaban J connectivity index is 2.38. The van der Waals surface area contributed by atoms with Crippen LogP contribution in [-0.4, -0.2) is 55.5 Å². The quantitative estimate of drug-likeness (QED) is 0.846. The van der Waals surface area contributed by atoms with E-state index in [2.05, 4.69) is 23.9 Å². The van der Waals surface area contributed by atoms with Gasteiger partial charge in [0.05, 0.1) is 11.3 Å². The van der Waals surface area contributed by atoms with E-state index >= 15 is 0 Å². The molecule has 0 saturated carbocycles. The topological polar surface area (TPSA) is 43.8 Å². The van der Waals surface area contributed by atoms with Gasteiger partial charge in [0.15, 0.2) is 0 Å². The van der Waals surface area contributed by atoms with E-state index in [1.807, 2.05) is 24.5 Å². The highest BCUT2D eigenvalue weighted by Gasteiger charge is 2.29. The number of hydrogen-bond donors (Lipinski definition) is 1. The minimum Gasteiger partial charge on any atom is -0.478 e. The minimum atomic E-state index is -0.833. The number of rotatable bonds is 5. The van der Waals surface area contributed by atoms with Crippen LogP contribution in [0.5, 0.6) is 0 Å². The summed E-state index contributed by atoms with van der Waals surface area (Å²) in [6.45, 7) is 1.90. The largest absolute Gasteiger partial charge is 0.478 e. The Morgan fingerprint density at radius 3 is 2.85 bits per heavy atom. The molecule has 1 aromatic carbocycles. The molecule has 1 aliphatic heterocycles. The number of benzene rings is 1. The van der Waals surface area contributed by atoms with Crippen molar-refractivity contribution in [2.75, 3.05) is 38.3 Å². The van der Waals surface area contributed by atoms with Crippen molar-refractivity contribution in [1.29, 1.82) is 0 Å². The van der Waals surface area contributed by atoms with Crippen molar-refractivity contribution < 1.29 is 9.90 Å². The summed E-state index contributed by atoms with van der Waals surface area (Å²) < 4.78 is 0. The van der Waals surface area contributed by atoms with E-state index < -0.39 is 5.97 Å². The van der Waals surface area contributed by atoms with Crippen LogP contribution in [0.2, 0.25) is 0 Å². The average Bonchev–Trinajstić information content (AvgIpc) is 2.84. The van der Waals surface area contributed by atoms with Gasteiger partial charge < -0.3 is 14.9 Å². The predicted molar refractivity (Wildman–Crippen MR) is 84.1 cm³/mol. The lowest BCUT2D eigenvalue weighted by Crippen LogP contribution is -2.38. The summed E-state index contributed by atoms with van der Waals surface area (Å²) in [7, 11) is 4.12. The van der Waals surface area contributed by atoms with Crippen molar-refractivity contribution in [1.82, 2.24) is 4.90 Å². The smallest absolute Gasteiger partial charge is 0.338 e.